The van der Waals surface area contributed by atoms with Gasteiger partial charge in [-0.15, -0.1) is 0 Å². The number of nitrogens with one attached hydrogen (secondary N) is 2. The number of hydrogen-bond donors (Lipinski definition) is 2. The van der Waals surface area contributed by atoms with Crippen molar-refractivity contribution in [3.05, 3.63) is 41.3 Å². The zero-order valence-electron chi connectivity index (χ0n) is 17.2. The maximum atomic E-state index is 12.6. The van der Waals surface area contributed by atoms with Gasteiger partial charge in [0.2, 0.25) is 0 Å². The molecule has 1 aromatic carbocycles. The van der Waals surface area contributed by atoms with Crippen LogP contribution in [0.5, 0.6) is 11.5 Å². The topological polar surface area (TPSA) is 80.9 Å². The summed E-state index contributed by atoms with van der Waals surface area (Å²) in [7, 11) is 1.41. The summed E-state index contributed by atoms with van der Waals surface area (Å²) >= 11 is 0. The number of aromatic nitrogens is 1. The lowest BCUT2D eigenvalue weighted by atomic mass is 10.1. The van der Waals surface area contributed by atoms with E-state index in [0.717, 1.165) is 11.3 Å². The molecule has 0 aliphatic carbocycles. The Hall–Kier alpha value is -2.84. The highest BCUT2D eigenvalue weighted by atomic mass is 19.3. The third-order valence-corrected chi connectivity index (χ3v) is 4.06. The van der Waals surface area contributed by atoms with E-state index < -0.39 is 6.61 Å². The third-order valence-electron chi connectivity index (χ3n) is 4.06. The largest absolute Gasteiger partial charge is 0.493 e. The monoisotopic (exact) mass is 410 g/mol. The summed E-state index contributed by atoms with van der Waals surface area (Å²) in [5.41, 5.74) is 1.73. The van der Waals surface area contributed by atoms with Crippen molar-refractivity contribution in [2.24, 2.45) is 4.99 Å². The number of halogens is 2. The van der Waals surface area contributed by atoms with Crippen LogP contribution < -0.4 is 20.1 Å². The van der Waals surface area contributed by atoms with Crippen molar-refractivity contribution < 1.29 is 22.8 Å². The van der Waals surface area contributed by atoms with E-state index in [1.165, 1.54) is 7.11 Å². The Balaban J connectivity index is 1.94. The van der Waals surface area contributed by atoms with E-state index in [9.17, 15) is 8.78 Å². The molecule has 0 spiro atoms. The highest BCUT2D eigenvalue weighted by Gasteiger charge is 2.11. The summed E-state index contributed by atoms with van der Waals surface area (Å²) in [6, 6.07) is 6.88. The van der Waals surface area contributed by atoms with Gasteiger partial charge in [-0.2, -0.15) is 8.78 Å². The first-order chi connectivity index (χ1) is 13.9. The Morgan fingerprint density at radius 3 is 2.62 bits per heavy atom. The number of hydrogen-bond acceptors (Lipinski definition) is 5. The number of ether oxygens (including phenoxy) is 2. The quantitative estimate of drug-likeness (QED) is 0.459. The van der Waals surface area contributed by atoms with Gasteiger partial charge in [0.25, 0.3) is 0 Å². The second kappa shape index (κ2) is 11.2. The van der Waals surface area contributed by atoms with Gasteiger partial charge in [-0.05, 0) is 37.0 Å². The summed E-state index contributed by atoms with van der Waals surface area (Å²) in [5, 5.41) is 10.4. The summed E-state index contributed by atoms with van der Waals surface area (Å²) in [6.45, 7) is 4.79. The molecule has 0 radical (unpaired) electrons. The summed E-state index contributed by atoms with van der Waals surface area (Å²) in [6.07, 6.45) is 0.591. The van der Waals surface area contributed by atoms with Crippen LogP contribution in [0.3, 0.4) is 0 Å². The molecule has 0 saturated carbocycles. The minimum Gasteiger partial charge on any atom is -0.493 e. The SMILES string of the molecule is CCNC(=NCc1cc(C(C)C)no1)NCCc1ccc(OC)c(OC(F)F)c1. The molecule has 0 amide bonds. The second-order valence-corrected chi connectivity index (χ2v) is 6.61. The van der Waals surface area contributed by atoms with Crippen LogP contribution >= 0.6 is 0 Å². The van der Waals surface area contributed by atoms with Crippen LogP contribution in [0.15, 0.2) is 33.8 Å². The highest BCUT2D eigenvalue weighted by molar-refractivity contribution is 5.79. The van der Waals surface area contributed by atoms with Crippen molar-refractivity contribution >= 4 is 5.96 Å². The summed E-state index contributed by atoms with van der Waals surface area (Å²) in [5.74, 6) is 1.91. The van der Waals surface area contributed by atoms with Crippen molar-refractivity contribution in [1.82, 2.24) is 15.8 Å². The molecule has 2 rings (SSSR count). The van der Waals surface area contributed by atoms with Crippen LogP contribution in [0.1, 0.15) is 43.7 Å². The minimum atomic E-state index is -2.91. The van der Waals surface area contributed by atoms with Crippen LogP contribution in [0.2, 0.25) is 0 Å². The van der Waals surface area contributed by atoms with Crippen molar-refractivity contribution in [1.29, 1.82) is 0 Å². The van der Waals surface area contributed by atoms with E-state index in [0.29, 0.717) is 43.7 Å². The maximum Gasteiger partial charge on any atom is 0.387 e. The van der Waals surface area contributed by atoms with Gasteiger partial charge in [0.15, 0.2) is 23.2 Å². The fraction of sp³-hybridized carbons (Fsp3) is 0.500. The first-order valence-corrected chi connectivity index (χ1v) is 9.52. The van der Waals surface area contributed by atoms with Gasteiger partial charge >= 0.3 is 6.61 Å². The molecule has 0 unspecified atom stereocenters. The zero-order valence-corrected chi connectivity index (χ0v) is 17.2. The first kappa shape index (κ1) is 22.4. The molecule has 0 fully saturated rings. The number of benzene rings is 1. The molecule has 0 aliphatic heterocycles. The fourth-order valence-electron chi connectivity index (χ4n) is 2.56. The molecule has 0 bridgehead atoms. The zero-order chi connectivity index (χ0) is 21.2. The van der Waals surface area contributed by atoms with E-state index in [2.05, 4.69) is 25.5 Å². The van der Waals surface area contributed by atoms with Gasteiger partial charge in [-0.3, -0.25) is 0 Å². The van der Waals surface area contributed by atoms with Crippen LogP contribution in [0.4, 0.5) is 8.78 Å². The molecule has 29 heavy (non-hydrogen) atoms. The lowest BCUT2D eigenvalue weighted by Crippen LogP contribution is -2.38. The number of aliphatic imine (C=N–C) groups is 1. The standard InChI is InChI=1S/C20H28F2N4O3/c1-5-23-20(25-12-15-11-16(13(2)3)26-29-15)24-9-8-14-6-7-17(27-4)18(10-14)28-19(21)22/h6-7,10-11,13,19H,5,8-9,12H2,1-4H3,(H2,23,24,25). The Morgan fingerprint density at radius 1 is 1.21 bits per heavy atom. The predicted molar refractivity (Wildman–Crippen MR) is 107 cm³/mol. The Morgan fingerprint density at radius 2 is 2.00 bits per heavy atom. The van der Waals surface area contributed by atoms with E-state index in [1.54, 1.807) is 12.1 Å². The smallest absolute Gasteiger partial charge is 0.387 e. The second-order valence-electron chi connectivity index (χ2n) is 6.61. The molecule has 0 aliphatic rings. The third kappa shape index (κ3) is 7.24. The first-order valence-electron chi connectivity index (χ1n) is 9.52. The van der Waals surface area contributed by atoms with Gasteiger partial charge in [-0.25, -0.2) is 4.99 Å². The van der Waals surface area contributed by atoms with E-state index in [-0.39, 0.29) is 11.5 Å². The Bertz CT molecular complexity index is 794. The molecule has 0 saturated heterocycles. The average molecular weight is 410 g/mol. The molecule has 160 valence electrons. The Kier molecular flexibility index (Phi) is 8.69. The van der Waals surface area contributed by atoms with E-state index >= 15 is 0 Å². The van der Waals surface area contributed by atoms with Crippen LogP contribution in [0, 0.1) is 0 Å². The molecule has 1 heterocycles. The van der Waals surface area contributed by atoms with Gasteiger partial charge < -0.3 is 24.6 Å². The molecular formula is C20H28F2N4O3. The van der Waals surface area contributed by atoms with E-state index in [4.69, 9.17) is 9.26 Å². The number of guanidine groups is 1. The van der Waals surface area contributed by atoms with Crippen LogP contribution in [-0.2, 0) is 13.0 Å². The average Bonchev–Trinajstić information content (AvgIpc) is 3.15. The number of alkyl halides is 2. The van der Waals surface area contributed by atoms with Crippen molar-refractivity contribution in [3.63, 3.8) is 0 Å². The number of nitrogens with zero attached hydrogens (tertiary/aromatic N) is 2. The lowest BCUT2D eigenvalue weighted by Gasteiger charge is -2.13. The summed E-state index contributed by atoms with van der Waals surface area (Å²) in [4.78, 5) is 4.49. The van der Waals surface area contributed by atoms with Gasteiger partial charge in [-0.1, -0.05) is 25.1 Å². The van der Waals surface area contributed by atoms with Gasteiger partial charge in [0, 0.05) is 19.2 Å². The maximum absolute atomic E-state index is 12.6. The molecular weight excluding hydrogens is 382 g/mol. The fourth-order valence-corrected chi connectivity index (χ4v) is 2.56. The van der Waals surface area contributed by atoms with Gasteiger partial charge in [0.05, 0.1) is 12.8 Å². The summed E-state index contributed by atoms with van der Waals surface area (Å²) < 4.78 is 40.0. The molecule has 2 aromatic rings. The normalized spacial score (nSPS) is 11.8. The Labute approximate surface area is 169 Å². The van der Waals surface area contributed by atoms with Gasteiger partial charge in [0.1, 0.15) is 6.54 Å². The molecule has 2 N–H and O–H groups in total. The molecule has 9 heteroatoms. The van der Waals surface area contributed by atoms with Crippen molar-refractivity contribution in [2.45, 2.75) is 46.3 Å². The van der Waals surface area contributed by atoms with Crippen molar-refractivity contribution in [3.8, 4) is 11.5 Å². The van der Waals surface area contributed by atoms with Crippen LogP contribution in [-0.4, -0.2) is 37.9 Å². The predicted octanol–water partition coefficient (Wildman–Crippen LogP) is 3.71. The molecule has 0 atom stereocenters. The highest BCUT2D eigenvalue weighted by Crippen LogP contribution is 2.29. The van der Waals surface area contributed by atoms with Crippen LogP contribution in [0.25, 0.3) is 0 Å². The van der Waals surface area contributed by atoms with Crippen molar-refractivity contribution in [2.75, 3.05) is 20.2 Å². The number of methoxy groups -OCH3 is 1. The lowest BCUT2D eigenvalue weighted by molar-refractivity contribution is -0.0512. The number of rotatable bonds is 10. The molecule has 7 nitrogen and oxygen atoms in total. The minimum absolute atomic E-state index is 0.0202. The molecule has 1 aromatic heterocycles. The van der Waals surface area contributed by atoms with E-state index in [1.807, 2.05) is 32.9 Å².